The molecule has 14 heteroatoms. The molecule has 0 aliphatic carbocycles. The SMILES string of the molecule is CC1(C)C(=O)N(c2ccc(S(=O)(=O)C(F)(F)F)cc2)C(=O)N1Cc1ccnc(NCC(F)F)c1. The molecule has 0 bridgehead atoms. The Kier molecular flexibility index (Phi) is 6.57. The van der Waals surface area contributed by atoms with Gasteiger partial charge in [0.05, 0.1) is 17.1 Å². The van der Waals surface area contributed by atoms with Gasteiger partial charge in [0.25, 0.3) is 22.2 Å². The van der Waals surface area contributed by atoms with Gasteiger partial charge < -0.3 is 10.2 Å². The highest BCUT2D eigenvalue weighted by atomic mass is 32.2. The third-order valence-corrected chi connectivity index (χ3v) is 6.64. The Morgan fingerprint density at radius 3 is 2.26 bits per heavy atom. The van der Waals surface area contributed by atoms with E-state index < -0.39 is 50.7 Å². The molecule has 0 saturated carbocycles. The number of nitrogens with one attached hydrogen (secondary N) is 1. The number of aromatic nitrogens is 1. The standard InChI is InChI=1S/C20H19F5N4O4S/c1-19(2)17(30)29(13-3-5-14(6-4-13)34(32,33)20(23,24)25)18(31)28(19)11-12-7-8-26-16(9-12)27-10-15(21)22/h3-9,15H,10-11H2,1-2H3,(H,26,27). The molecule has 1 N–H and O–H groups in total. The number of nitrogens with zero attached hydrogens (tertiary/aromatic N) is 3. The van der Waals surface area contributed by atoms with Crippen LogP contribution in [0.15, 0.2) is 47.5 Å². The third kappa shape index (κ3) is 4.67. The van der Waals surface area contributed by atoms with E-state index in [9.17, 15) is 40.0 Å². The van der Waals surface area contributed by atoms with Crippen LogP contribution in [0, 0.1) is 0 Å². The molecular formula is C20H19F5N4O4S. The first kappa shape index (κ1) is 25.3. The molecule has 1 aromatic carbocycles. The first-order chi connectivity index (χ1) is 15.7. The Labute approximate surface area is 191 Å². The highest BCUT2D eigenvalue weighted by molar-refractivity contribution is 7.92. The largest absolute Gasteiger partial charge is 0.501 e. The minimum atomic E-state index is -5.59. The van der Waals surface area contributed by atoms with Crippen LogP contribution < -0.4 is 10.2 Å². The summed E-state index contributed by atoms with van der Waals surface area (Å²) < 4.78 is 86.2. The van der Waals surface area contributed by atoms with Gasteiger partial charge >= 0.3 is 11.5 Å². The predicted octanol–water partition coefficient (Wildman–Crippen LogP) is 3.80. The summed E-state index contributed by atoms with van der Waals surface area (Å²) in [5, 5.41) is 2.44. The van der Waals surface area contributed by atoms with Crippen LogP contribution in [0.2, 0.25) is 0 Å². The number of carbonyl (C=O) groups excluding carboxylic acids is 2. The number of anilines is 2. The van der Waals surface area contributed by atoms with E-state index in [1.807, 2.05) is 0 Å². The van der Waals surface area contributed by atoms with Gasteiger partial charge in [-0.1, -0.05) is 0 Å². The van der Waals surface area contributed by atoms with Crippen molar-refractivity contribution in [3.8, 4) is 0 Å². The summed E-state index contributed by atoms with van der Waals surface area (Å²) in [5.74, 6) is -0.541. The van der Waals surface area contributed by atoms with E-state index in [0.29, 0.717) is 17.7 Å². The van der Waals surface area contributed by atoms with Crippen molar-refractivity contribution in [2.45, 2.75) is 42.8 Å². The van der Waals surface area contributed by atoms with Crippen LogP contribution in [0.4, 0.5) is 38.3 Å². The number of rotatable bonds is 7. The molecule has 2 heterocycles. The zero-order valence-corrected chi connectivity index (χ0v) is 18.6. The van der Waals surface area contributed by atoms with Crippen molar-refractivity contribution in [1.29, 1.82) is 0 Å². The maximum absolute atomic E-state index is 13.1. The molecule has 34 heavy (non-hydrogen) atoms. The van der Waals surface area contributed by atoms with Crippen LogP contribution in [-0.4, -0.2) is 54.3 Å². The number of amides is 3. The van der Waals surface area contributed by atoms with Gasteiger partial charge in [0, 0.05) is 12.7 Å². The molecule has 8 nitrogen and oxygen atoms in total. The van der Waals surface area contributed by atoms with E-state index in [1.165, 1.54) is 37.1 Å². The number of benzene rings is 1. The summed E-state index contributed by atoms with van der Waals surface area (Å²) >= 11 is 0. The summed E-state index contributed by atoms with van der Waals surface area (Å²) in [4.78, 5) is 30.9. The molecule has 1 aliphatic heterocycles. The average Bonchev–Trinajstić information content (AvgIpc) is 2.91. The summed E-state index contributed by atoms with van der Waals surface area (Å²) in [6.07, 6.45) is -1.26. The van der Waals surface area contributed by atoms with Crippen molar-refractivity contribution in [3.05, 3.63) is 48.2 Å². The quantitative estimate of drug-likeness (QED) is 0.453. The van der Waals surface area contributed by atoms with Crippen molar-refractivity contribution in [3.63, 3.8) is 0 Å². The van der Waals surface area contributed by atoms with E-state index in [-0.39, 0.29) is 18.1 Å². The zero-order chi connectivity index (χ0) is 25.5. The predicted molar refractivity (Wildman–Crippen MR) is 111 cm³/mol. The highest BCUT2D eigenvalue weighted by Crippen LogP contribution is 2.35. The van der Waals surface area contributed by atoms with Crippen LogP contribution in [0.3, 0.4) is 0 Å². The number of carbonyl (C=O) groups is 2. The maximum atomic E-state index is 13.1. The topological polar surface area (TPSA) is 99.7 Å². The van der Waals surface area contributed by atoms with Crippen molar-refractivity contribution >= 4 is 33.3 Å². The number of alkyl halides is 5. The first-order valence-electron chi connectivity index (χ1n) is 9.71. The molecule has 0 atom stereocenters. The molecule has 0 radical (unpaired) electrons. The lowest BCUT2D eigenvalue weighted by Crippen LogP contribution is -2.43. The number of imide groups is 1. The fourth-order valence-electron chi connectivity index (χ4n) is 3.27. The minimum absolute atomic E-state index is 0.0967. The number of pyridine rings is 1. The van der Waals surface area contributed by atoms with Crippen molar-refractivity contribution in [1.82, 2.24) is 9.88 Å². The van der Waals surface area contributed by atoms with Crippen LogP contribution in [0.1, 0.15) is 19.4 Å². The summed E-state index contributed by atoms with van der Waals surface area (Å²) in [5.41, 5.74) is -6.50. The Hall–Kier alpha value is -3.29. The van der Waals surface area contributed by atoms with Gasteiger partial charge in [0.15, 0.2) is 0 Å². The summed E-state index contributed by atoms with van der Waals surface area (Å²) in [7, 11) is -5.59. The molecule has 1 aromatic heterocycles. The molecular weight excluding hydrogens is 487 g/mol. The van der Waals surface area contributed by atoms with E-state index in [2.05, 4.69) is 10.3 Å². The number of hydrogen-bond donors (Lipinski definition) is 1. The van der Waals surface area contributed by atoms with E-state index in [1.54, 1.807) is 0 Å². The van der Waals surface area contributed by atoms with Crippen LogP contribution in [-0.2, 0) is 21.2 Å². The smallest absolute Gasteiger partial charge is 0.364 e. The fraction of sp³-hybridized carbons (Fsp3) is 0.350. The number of halogens is 5. The monoisotopic (exact) mass is 506 g/mol. The Morgan fingerprint density at radius 2 is 1.71 bits per heavy atom. The van der Waals surface area contributed by atoms with Crippen LogP contribution in [0.25, 0.3) is 0 Å². The van der Waals surface area contributed by atoms with Crippen molar-refractivity contribution in [2.75, 3.05) is 16.8 Å². The van der Waals surface area contributed by atoms with Crippen molar-refractivity contribution in [2.24, 2.45) is 0 Å². The molecule has 3 amide bonds. The number of hydrogen-bond acceptors (Lipinski definition) is 6. The van der Waals surface area contributed by atoms with Gasteiger partial charge in [0.1, 0.15) is 11.4 Å². The second-order valence-corrected chi connectivity index (χ2v) is 9.77. The average molecular weight is 506 g/mol. The van der Waals surface area contributed by atoms with Gasteiger partial charge in [-0.2, -0.15) is 13.2 Å². The van der Waals surface area contributed by atoms with Gasteiger partial charge in [0.2, 0.25) is 0 Å². The lowest BCUT2D eigenvalue weighted by molar-refractivity contribution is -0.123. The molecule has 3 rings (SSSR count). The van der Waals surface area contributed by atoms with Gasteiger partial charge in [-0.25, -0.2) is 31.9 Å². The molecule has 184 valence electrons. The molecule has 1 aliphatic rings. The molecule has 1 fully saturated rings. The summed E-state index contributed by atoms with van der Waals surface area (Å²) in [6, 6.07) is 5.38. The highest BCUT2D eigenvalue weighted by Gasteiger charge is 2.52. The number of urea groups is 1. The van der Waals surface area contributed by atoms with Crippen LogP contribution in [0.5, 0.6) is 0 Å². The zero-order valence-electron chi connectivity index (χ0n) is 17.8. The lowest BCUT2D eigenvalue weighted by Gasteiger charge is -2.27. The fourth-order valence-corrected chi connectivity index (χ4v) is 4.03. The van der Waals surface area contributed by atoms with Crippen LogP contribution >= 0.6 is 0 Å². The van der Waals surface area contributed by atoms with Gasteiger partial charge in [-0.05, 0) is 55.8 Å². The van der Waals surface area contributed by atoms with Gasteiger partial charge in [-0.3, -0.25) is 4.79 Å². The first-order valence-corrected chi connectivity index (χ1v) is 11.2. The Morgan fingerprint density at radius 1 is 1.09 bits per heavy atom. The Bertz CT molecular complexity index is 1200. The second kappa shape index (κ2) is 8.81. The summed E-state index contributed by atoms with van der Waals surface area (Å²) in [6.45, 7) is 2.21. The van der Waals surface area contributed by atoms with Crippen molar-refractivity contribution < 1.29 is 40.0 Å². The van der Waals surface area contributed by atoms with E-state index >= 15 is 0 Å². The normalized spacial score (nSPS) is 16.5. The second-order valence-electron chi connectivity index (χ2n) is 7.83. The Balaban J connectivity index is 1.86. The maximum Gasteiger partial charge on any atom is 0.501 e. The molecule has 2 aromatic rings. The third-order valence-electron chi connectivity index (χ3n) is 5.14. The van der Waals surface area contributed by atoms with E-state index in [4.69, 9.17) is 0 Å². The lowest BCUT2D eigenvalue weighted by atomic mass is 10.0. The number of sulfone groups is 1. The molecule has 1 saturated heterocycles. The van der Waals surface area contributed by atoms with E-state index in [0.717, 1.165) is 17.0 Å². The minimum Gasteiger partial charge on any atom is -0.364 e. The van der Waals surface area contributed by atoms with Gasteiger partial charge in [-0.15, -0.1) is 0 Å². The molecule has 0 unspecified atom stereocenters. The molecule has 0 spiro atoms.